The molecule has 1 unspecified atom stereocenters. The molecule has 4 heterocycles. The molecule has 6 rings (SSSR count). The number of rotatable bonds is 5. The van der Waals surface area contributed by atoms with E-state index in [9.17, 15) is 4.21 Å². The van der Waals surface area contributed by atoms with E-state index in [1.165, 1.54) is 22.9 Å². The van der Waals surface area contributed by atoms with E-state index in [0.29, 0.717) is 10.8 Å². The smallest absolute Gasteiger partial charge is 0.211 e. The van der Waals surface area contributed by atoms with Crippen LogP contribution in [0.1, 0.15) is 56.3 Å². The number of imidazole rings is 1. The summed E-state index contributed by atoms with van der Waals surface area (Å²) in [5.74, 6) is 3.92. The third-order valence-corrected chi connectivity index (χ3v) is 11.2. The molecule has 212 valence electrons. The van der Waals surface area contributed by atoms with E-state index in [2.05, 4.69) is 37.6 Å². The quantitative estimate of drug-likeness (QED) is 0.293. The van der Waals surface area contributed by atoms with Gasteiger partial charge < -0.3 is 10.6 Å². The first-order valence-electron chi connectivity index (χ1n) is 13.5. The summed E-state index contributed by atoms with van der Waals surface area (Å²) in [6.07, 6.45) is 15.7. The number of terminal acetylenes is 1. The van der Waals surface area contributed by atoms with Gasteiger partial charge in [-0.25, -0.2) is 23.9 Å². The first-order valence-corrected chi connectivity index (χ1v) is 15.9. The Hall–Kier alpha value is -3.10. The Morgan fingerprint density at radius 1 is 1.17 bits per heavy atom. The van der Waals surface area contributed by atoms with Gasteiger partial charge in [0.2, 0.25) is 5.95 Å². The summed E-state index contributed by atoms with van der Waals surface area (Å²) < 4.78 is 18.5. The van der Waals surface area contributed by atoms with Crippen molar-refractivity contribution in [3.8, 4) is 12.3 Å². The summed E-state index contributed by atoms with van der Waals surface area (Å²) in [5, 5.41) is 0.426. The van der Waals surface area contributed by atoms with Crippen molar-refractivity contribution in [2.45, 2.75) is 60.6 Å². The van der Waals surface area contributed by atoms with Gasteiger partial charge in [-0.1, -0.05) is 35.3 Å². The highest BCUT2D eigenvalue weighted by atomic mass is 35.5. The van der Waals surface area contributed by atoms with Gasteiger partial charge in [0.15, 0.2) is 5.65 Å². The standard InChI is InChI=1S/C30H32ClN7OS2/c1-5-19-6-7-21-20(16-19)17-30(25(21)36-41(39)29(2,3)4)9-13-37(14-10-30)28-35-18-23(27-34-12-15-38(27)28)40-22-8-11-33-26(32)24(22)31/h1,6-8,11-12,15-16,18,25,36H,9-10,13-14,17H2,2-4H3,(H2,32,33)/t25-,41?/m1/s1. The van der Waals surface area contributed by atoms with Crippen LogP contribution < -0.4 is 15.4 Å². The zero-order valence-corrected chi connectivity index (χ0v) is 25.6. The van der Waals surface area contributed by atoms with E-state index < -0.39 is 11.0 Å². The Labute approximate surface area is 252 Å². The number of benzene rings is 1. The Bertz CT molecular complexity index is 1700. The lowest BCUT2D eigenvalue weighted by Crippen LogP contribution is -2.48. The third-order valence-electron chi connectivity index (χ3n) is 8.07. The highest BCUT2D eigenvalue weighted by Crippen LogP contribution is 2.53. The number of hydrogen-bond acceptors (Lipinski definition) is 7. The zero-order valence-electron chi connectivity index (χ0n) is 23.2. The van der Waals surface area contributed by atoms with Crippen molar-refractivity contribution in [3.63, 3.8) is 0 Å². The molecule has 1 aromatic carbocycles. The van der Waals surface area contributed by atoms with Crippen molar-refractivity contribution in [2.24, 2.45) is 5.41 Å². The normalized spacial score (nSPS) is 18.9. The average Bonchev–Trinajstić information content (AvgIpc) is 3.55. The number of nitrogens with one attached hydrogen (secondary N) is 1. The molecule has 1 aliphatic carbocycles. The Morgan fingerprint density at radius 3 is 2.68 bits per heavy atom. The van der Waals surface area contributed by atoms with E-state index >= 15 is 0 Å². The first kappa shape index (κ1) is 28.0. The fourth-order valence-corrected chi connectivity index (χ4v) is 7.94. The van der Waals surface area contributed by atoms with Crippen LogP contribution in [0.3, 0.4) is 0 Å². The Kier molecular flexibility index (Phi) is 7.27. The fourth-order valence-electron chi connectivity index (χ4n) is 5.86. The molecule has 41 heavy (non-hydrogen) atoms. The second-order valence-electron chi connectivity index (χ2n) is 11.7. The molecule has 0 saturated carbocycles. The minimum Gasteiger partial charge on any atom is -0.382 e. The number of piperidine rings is 1. The lowest BCUT2D eigenvalue weighted by Gasteiger charge is -2.44. The molecule has 0 amide bonds. The predicted molar refractivity (Wildman–Crippen MR) is 167 cm³/mol. The Morgan fingerprint density at radius 2 is 1.95 bits per heavy atom. The van der Waals surface area contributed by atoms with Crippen molar-refractivity contribution < 1.29 is 4.21 Å². The molecule has 1 aliphatic heterocycles. The summed E-state index contributed by atoms with van der Waals surface area (Å²) in [6.45, 7) is 7.64. The number of anilines is 2. The fraction of sp³-hybridized carbons (Fsp3) is 0.367. The molecule has 8 nitrogen and oxygen atoms in total. The van der Waals surface area contributed by atoms with Crippen LogP contribution in [0.25, 0.3) is 5.65 Å². The van der Waals surface area contributed by atoms with E-state index in [1.807, 2.05) is 49.7 Å². The molecule has 0 radical (unpaired) electrons. The van der Waals surface area contributed by atoms with Crippen LogP contribution in [0.4, 0.5) is 11.8 Å². The lowest BCUT2D eigenvalue weighted by atomic mass is 9.73. The molecule has 3 aromatic heterocycles. The topological polar surface area (TPSA) is 101 Å². The van der Waals surface area contributed by atoms with Gasteiger partial charge in [-0.15, -0.1) is 6.42 Å². The number of nitrogens with two attached hydrogens (primary N) is 1. The highest BCUT2D eigenvalue weighted by molar-refractivity contribution is 7.99. The molecule has 1 fully saturated rings. The summed E-state index contributed by atoms with van der Waals surface area (Å²) in [5.41, 5.74) is 10.0. The zero-order chi connectivity index (χ0) is 28.9. The summed E-state index contributed by atoms with van der Waals surface area (Å²) >= 11 is 7.87. The predicted octanol–water partition coefficient (Wildman–Crippen LogP) is 5.43. The van der Waals surface area contributed by atoms with Gasteiger partial charge in [0, 0.05) is 48.3 Å². The van der Waals surface area contributed by atoms with Gasteiger partial charge in [0.1, 0.15) is 5.82 Å². The van der Waals surface area contributed by atoms with E-state index in [4.69, 9.17) is 28.7 Å². The van der Waals surface area contributed by atoms with E-state index in [-0.39, 0.29) is 16.2 Å². The molecule has 2 atom stereocenters. The third kappa shape index (κ3) is 5.10. The summed E-state index contributed by atoms with van der Waals surface area (Å²) in [4.78, 5) is 17.6. The van der Waals surface area contributed by atoms with Crippen molar-refractivity contribution in [1.82, 2.24) is 24.1 Å². The van der Waals surface area contributed by atoms with Crippen LogP contribution >= 0.6 is 23.4 Å². The summed E-state index contributed by atoms with van der Waals surface area (Å²) in [6, 6.07) is 8.07. The minimum absolute atomic E-state index is 0.0101. The lowest BCUT2D eigenvalue weighted by molar-refractivity contribution is 0.177. The molecule has 11 heteroatoms. The van der Waals surface area contributed by atoms with Crippen molar-refractivity contribution >= 4 is 51.8 Å². The van der Waals surface area contributed by atoms with E-state index in [0.717, 1.165) is 59.3 Å². The minimum atomic E-state index is -1.20. The van der Waals surface area contributed by atoms with Gasteiger partial charge in [-0.3, -0.25) is 4.40 Å². The average molecular weight is 606 g/mol. The molecular formula is C30H32ClN7OS2. The van der Waals surface area contributed by atoms with Gasteiger partial charge in [0.25, 0.3) is 0 Å². The Balaban J connectivity index is 1.27. The van der Waals surface area contributed by atoms with Gasteiger partial charge >= 0.3 is 0 Å². The van der Waals surface area contributed by atoms with Crippen molar-refractivity contribution in [1.29, 1.82) is 0 Å². The number of nitrogens with zero attached hydrogens (tertiary/aromatic N) is 5. The van der Waals surface area contributed by atoms with Crippen LogP contribution in [-0.4, -0.2) is 41.4 Å². The molecule has 1 saturated heterocycles. The number of fused-ring (bicyclic) bond motifs is 2. The first-order chi connectivity index (χ1) is 19.6. The van der Waals surface area contributed by atoms with Crippen molar-refractivity contribution in [2.75, 3.05) is 23.7 Å². The summed E-state index contributed by atoms with van der Waals surface area (Å²) in [7, 11) is -1.20. The van der Waals surface area contributed by atoms with Crippen LogP contribution in [0, 0.1) is 17.8 Å². The number of aromatic nitrogens is 4. The number of hydrogen-bond donors (Lipinski definition) is 2. The molecule has 4 aromatic rings. The molecule has 0 bridgehead atoms. The second-order valence-corrected chi connectivity index (χ2v) is 15.1. The molecular weight excluding hydrogens is 574 g/mol. The maximum Gasteiger partial charge on any atom is 0.211 e. The SMILES string of the molecule is C#Cc1ccc2c(c1)CC1(CCN(c3ncc(Sc4ccnc(N)c4Cl)c4nccn34)CC1)[C@@H]2NS(=O)C(C)(C)C. The van der Waals surface area contributed by atoms with Gasteiger partial charge in [-0.2, -0.15) is 0 Å². The maximum atomic E-state index is 13.3. The number of halogens is 1. The maximum absolute atomic E-state index is 13.3. The largest absolute Gasteiger partial charge is 0.382 e. The van der Waals surface area contributed by atoms with Gasteiger partial charge in [0.05, 0.1) is 31.7 Å². The van der Waals surface area contributed by atoms with Crippen LogP contribution in [0.15, 0.2) is 58.8 Å². The molecule has 1 spiro atoms. The van der Waals surface area contributed by atoms with Crippen LogP contribution in [0.2, 0.25) is 5.02 Å². The molecule has 2 aliphatic rings. The van der Waals surface area contributed by atoms with Crippen molar-refractivity contribution in [3.05, 3.63) is 70.8 Å². The van der Waals surface area contributed by atoms with Crippen LogP contribution in [-0.2, 0) is 17.4 Å². The number of pyridine rings is 1. The monoisotopic (exact) mass is 605 g/mol. The highest BCUT2D eigenvalue weighted by Gasteiger charge is 2.49. The number of nitrogen functional groups attached to an aromatic ring is 1. The van der Waals surface area contributed by atoms with Crippen LogP contribution in [0.5, 0.6) is 0 Å². The second kappa shape index (κ2) is 10.6. The van der Waals surface area contributed by atoms with Gasteiger partial charge in [-0.05, 0) is 74.8 Å². The van der Waals surface area contributed by atoms with E-state index in [1.54, 1.807) is 12.4 Å². The molecule has 3 N–H and O–H groups in total.